The molecule has 224 valence electrons. The number of aliphatic hydroxyl groups is 1. The van der Waals surface area contributed by atoms with Gasteiger partial charge in [-0.25, -0.2) is 14.4 Å². The molecular weight excluding hydrogens is 538 g/mol. The topological polar surface area (TPSA) is 134 Å². The van der Waals surface area contributed by atoms with Crippen molar-refractivity contribution in [1.29, 1.82) is 0 Å². The molecule has 42 heavy (non-hydrogen) atoms. The Kier molecular flexibility index (Phi) is 12.3. The van der Waals surface area contributed by atoms with E-state index >= 15 is 0 Å². The van der Waals surface area contributed by atoms with E-state index in [4.69, 9.17) is 9.47 Å². The summed E-state index contributed by atoms with van der Waals surface area (Å²) in [7, 11) is 0. The second kappa shape index (κ2) is 16.1. The molecule has 2 atom stereocenters. The van der Waals surface area contributed by atoms with Crippen molar-refractivity contribution < 1.29 is 33.8 Å². The summed E-state index contributed by atoms with van der Waals surface area (Å²) in [6, 6.07) is 19.7. The molecule has 10 heteroatoms. The number of esters is 2. The highest BCUT2D eigenvalue weighted by Crippen LogP contribution is 2.18. The third-order valence-electron chi connectivity index (χ3n) is 6.42. The maximum Gasteiger partial charge on any atom is 0.331 e. The molecule has 3 amide bonds. The summed E-state index contributed by atoms with van der Waals surface area (Å²) in [5.74, 6) is -1.80. The highest BCUT2D eigenvalue weighted by atomic mass is 16.5. The van der Waals surface area contributed by atoms with Crippen molar-refractivity contribution in [3.63, 3.8) is 0 Å². The van der Waals surface area contributed by atoms with Gasteiger partial charge in [0.25, 0.3) is 0 Å². The highest BCUT2D eigenvalue weighted by Gasteiger charge is 2.34. The summed E-state index contributed by atoms with van der Waals surface area (Å²) < 4.78 is 10.8. The van der Waals surface area contributed by atoms with Gasteiger partial charge in [-0.05, 0) is 27.8 Å². The summed E-state index contributed by atoms with van der Waals surface area (Å²) in [6.07, 6.45) is 0.144. The van der Waals surface area contributed by atoms with Gasteiger partial charge in [0, 0.05) is 19.9 Å². The zero-order valence-electron chi connectivity index (χ0n) is 24.2. The van der Waals surface area contributed by atoms with Crippen molar-refractivity contribution in [3.05, 3.63) is 83.9 Å². The first-order chi connectivity index (χ1) is 20.2. The van der Waals surface area contributed by atoms with E-state index in [0.717, 1.165) is 21.9 Å². The molecule has 0 fully saturated rings. The Morgan fingerprint density at radius 2 is 1.55 bits per heavy atom. The van der Waals surface area contributed by atoms with E-state index in [-0.39, 0.29) is 44.5 Å². The second-order valence-electron chi connectivity index (χ2n) is 10.4. The molecule has 0 unspecified atom stereocenters. The lowest BCUT2D eigenvalue weighted by atomic mass is 10.0. The molecule has 0 aromatic heterocycles. The largest absolute Gasteiger partial charge is 0.462 e. The molecule has 3 rings (SSSR count). The fourth-order valence-electron chi connectivity index (χ4n) is 4.38. The minimum Gasteiger partial charge on any atom is -0.462 e. The zero-order chi connectivity index (χ0) is 30.5. The fraction of sp³-hybridized carbons (Fsp3) is 0.375. The number of nitrogens with zero attached hydrogens (tertiary/aromatic N) is 1. The van der Waals surface area contributed by atoms with Crippen LogP contribution in [0.5, 0.6) is 0 Å². The molecule has 3 N–H and O–H groups in total. The minimum absolute atomic E-state index is 0.0271. The zero-order valence-corrected chi connectivity index (χ0v) is 24.2. The lowest BCUT2D eigenvalue weighted by Crippen LogP contribution is -2.56. The fourth-order valence-corrected chi connectivity index (χ4v) is 4.38. The molecule has 0 heterocycles. The van der Waals surface area contributed by atoms with Gasteiger partial charge in [0.1, 0.15) is 19.3 Å². The third kappa shape index (κ3) is 9.88. The minimum atomic E-state index is -1.31. The molecule has 0 spiro atoms. The normalized spacial score (nSPS) is 12.3. The summed E-state index contributed by atoms with van der Waals surface area (Å²) >= 11 is 0. The molecular formula is C32H39N3O7. The summed E-state index contributed by atoms with van der Waals surface area (Å²) in [4.78, 5) is 52.1. The quantitative estimate of drug-likeness (QED) is 0.198. The Labute approximate surface area is 246 Å². The average molecular weight is 578 g/mol. The summed E-state index contributed by atoms with van der Waals surface area (Å²) in [5.41, 5.74) is 1.60. The van der Waals surface area contributed by atoms with Crippen LogP contribution in [0, 0.1) is 5.92 Å². The molecule has 0 saturated carbocycles. The van der Waals surface area contributed by atoms with E-state index < -0.39 is 36.7 Å². The van der Waals surface area contributed by atoms with E-state index in [1.54, 1.807) is 0 Å². The van der Waals surface area contributed by atoms with E-state index in [2.05, 4.69) is 10.6 Å². The van der Waals surface area contributed by atoms with Crippen LogP contribution >= 0.6 is 0 Å². The molecule has 0 aliphatic carbocycles. The smallest absolute Gasteiger partial charge is 0.331 e. The highest BCUT2D eigenvalue weighted by molar-refractivity contribution is 5.88. The Morgan fingerprint density at radius 3 is 2.21 bits per heavy atom. The maximum atomic E-state index is 13.6. The first-order valence-corrected chi connectivity index (χ1v) is 13.9. The van der Waals surface area contributed by atoms with Crippen LogP contribution in [0.3, 0.4) is 0 Å². The van der Waals surface area contributed by atoms with Gasteiger partial charge in [-0.3, -0.25) is 4.79 Å². The van der Waals surface area contributed by atoms with E-state index in [1.165, 1.54) is 11.8 Å². The lowest BCUT2D eigenvalue weighted by molar-refractivity contribution is -0.150. The number of carbonyl (C=O) groups is 4. The Morgan fingerprint density at radius 1 is 0.857 bits per heavy atom. The summed E-state index contributed by atoms with van der Waals surface area (Å²) in [6.45, 7) is 4.48. The average Bonchev–Trinajstić information content (AvgIpc) is 2.97. The number of hydrogen-bond acceptors (Lipinski definition) is 7. The molecule has 0 aliphatic rings. The number of hydrogen-bond donors (Lipinski definition) is 3. The van der Waals surface area contributed by atoms with E-state index in [0.29, 0.717) is 0 Å². The van der Waals surface area contributed by atoms with Crippen LogP contribution in [0.15, 0.2) is 72.8 Å². The second-order valence-corrected chi connectivity index (χ2v) is 10.4. The van der Waals surface area contributed by atoms with Crippen LogP contribution in [-0.4, -0.2) is 72.3 Å². The number of aliphatic hydroxyl groups excluding tert-OH is 1. The van der Waals surface area contributed by atoms with Gasteiger partial charge >= 0.3 is 18.0 Å². The van der Waals surface area contributed by atoms with E-state index in [9.17, 15) is 24.3 Å². The summed E-state index contributed by atoms with van der Waals surface area (Å²) in [5, 5.41) is 17.4. The Bertz CT molecular complexity index is 1350. The van der Waals surface area contributed by atoms with Crippen LogP contribution in [0.25, 0.3) is 10.8 Å². The van der Waals surface area contributed by atoms with Gasteiger partial charge in [0.05, 0.1) is 13.2 Å². The van der Waals surface area contributed by atoms with Crippen molar-refractivity contribution >= 4 is 34.6 Å². The first kappa shape index (κ1) is 32.1. The molecule has 0 aliphatic heterocycles. The van der Waals surface area contributed by atoms with Crippen LogP contribution in [-0.2, 0) is 36.9 Å². The number of amides is 3. The number of urea groups is 1. The number of benzene rings is 3. The Balaban J connectivity index is 1.81. The predicted molar refractivity (Wildman–Crippen MR) is 158 cm³/mol. The molecule has 0 saturated heterocycles. The van der Waals surface area contributed by atoms with Crippen LogP contribution in [0.1, 0.15) is 31.9 Å². The maximum absolute atomic E-state index is 13.6. The van der Waals surface area contributed by atoms with Crippen molar-refractivity contribution in [3.8, 4) is 0 Å². The predicted octanol–water partition coefficient (Wildman–Crippen LogP) is 3.20. The van der Waals surface area contributed by atoms with Crippen molar-refractivity contribution in [2.75, 3.05) is 26.3 Å². The monoisotopic (exact) mass is 577 g/mol. The molecule has 3 aromatic carbocycles. The number of rotatable bonds is 14. The number of carbonyl (C=O) groups excluding carboxylic acids is 4. The van der Waals surface area contributed by atoms with Gasteiger partial charge < -0.3 is 30.1 Å². The van der Waals surface area contributed by atoms with Gasteiger partial charge in [-0.15, -0.1) is 0 Å². The third-order valence-corrected chi connectivity index (χ3v) is 6.42. The van der Waals surface area contributed by atoms with Crippen molar-refractivity contribution in [2.45, 2.75) is 45.9 Å². The molecule has 10 nitrogen and oxygen atoms in total. The van der Waals surface area contributed by atoms with Gasteiger partial charge in [-0.2, -0.15) is 0 Å². The number of fused-ring (bicyclic) bond motifs is 1. The van der Waals surface area contributed by atoms with Crippen LogP contribution in [0.4, 0.5) is 4.79 Å². The molecule has 0 bridgehead atoms. The standard InChI is InChI=1S/C32H39N3O7/c1-22(2)19-35(29(20-36)31(39)41-16-15-33-23(3)37)32(40)34-28(30(38)42-21-24-9-5-4-6-10-24)18-25-13-14-26-11-7-8-12-27(26)17-25/h4-14,17,22,28-29,36H,15-16,18-21H2,1-3H3,(H,33,37)(H,34,40)/t28-,29-/m0/s1. The van der Waals surface area contributed by atoms with Gasteiger partial charge in [-0.1, -0.05) is 86.6 Å². The van der Waals surface area contributed by atoms with Crippen molar-refractivity contribution in [2.24, 2.45) is 5.92 Å². The Hall–Kier alpha value is -4.44. The lowest BCUT2D eigenvalue weighted by Gasteiger charge is -2.32. The van der Waals surface area contributed by atoms with Crippen LogP contribution in [0.2, 0.25) is 0 Å². The first-order valence-electron chi connectivity index (χ1n) is 13.9. The number of ether oxygens (including phenoxy) is 2. The van der Waals surface area contributed by atoms with Crippen molar-refractivity contribution in [1.82, 2.24) is 15.5 Å². The SMILES string of the molecule is CC(=O)NCCOC(=O)[C@H](CO)N(CC(C)C)C(=O)N[C@@H](Cc1ccc2ccccc2c1)C(=O)OCc1ccccc1. The molecule has 3 aromatic rings. The molecule has 0 radical (unpaired) electrons. The van der Waals surface area contributed by atoms with Crippen LogP contribution < -0.4 is 10.6 Å². The number of nitrogens with one attached hydrogen (secondary N) is 2. The van der Waals surface area contributed by atoms with Gasteiger partial charge in [0.15, 0.2) is 6.04 Å². The van der Waals surface area contributed by atoms with E-state index in [1.807, 2.05) is 86.6 Å². The van der Waals surface area contributed by atoms with Gasteiger partial charge in [0.2, 0.25) is 5.91 Å².